The molecule has 0 fully saturated rings. The van der Waals surface area contributed by atoms with Crippen LogP contribution in [-0.2, 0) is 6.42 Å². The van der Waals surface area contributed by atoms with Crippen molar-refractivity contribution < 1.29 is 4.42 Å². The molecule has 8 aromatic carbocycles. The lowest BCUT2D eigenvalue weighted by Crippen LogP contribution is -1.93. The molecule has 54 heavy (non-hydrogen) atoms. The van der Waals surface area contributed by atoms with Crippen molar-refractivity contribution in [3.63, 3.8) is 0 Å². The topological polar surface area (TPSA) is 13.1 Å². The second-order valence-corrected chi connectivity index (χ2v) is 13.9. The summed E-state index contributed by atoms with van der Waals surface area (Å²) in [5, 5.41) is 7.34. The Hall–Kier alpha value is -6.18. The highest BCUT2D eigenvalue weighted by atomic mass is 16.3. The van der Waals surface area contributed by atoms with Crippen LogP contribution in [0.15, 0.2) is 156 Å². The van der Waals surface area contributed by atoms with Crippen LogP contribution in [0.25, 0.3) is 94.1 Å². The summed E-state index contributed by atoms with van der Waals surface area (Å²) < 4.78 is 6.43. The zero-order valence-corrected chi connectivity index (χ0v) is 32.1. The molecule has 1 aromatic heterocycles. The largest absolute Gasteiger partial charge is 0.456 e. The van der Waals surface area contributed by atoms with Gasteiger partial charge < -0.3 is 4.42 Å². The third kappa shape index (κ3) is 5.91. The third-order valence-electron chi connectivity index (χ3n) is 10.9. The molecule has 0 amide bonds. The van der Waals surface area contributed by atoms with Crippen LogP contribution in [0, 0.1) is 13.8 Å². The zero-order valence-electron chi connectivity index (χ0n) is 32.1. The van der Waals surface area contributed by atoms with E-state index in [9.17, 15) is 0 Å². The minimum absolute atomic E-state index is 0.930. The van der Waals surface area contributed by atoms with Crippen LogP contribution in [-0.4, -0.2) is 0 Å². The number of rotatable bonds is 6. The van der Waals surface area contributed by atoms with Gasteiger partial charge in [-0.2, -0.15) is 0 Å². The summed E-state index contributed by atoms with van der Waals surface area (Å²) >= 11 is 0. The van der Waals surface area contributed by atoms with Crippen molar-refractivity contribution in [2.45, 2.75) is 48.0 Å². The molecule has 0 aliphatic rings. The summed E-state index contributed by atoms with van der Waals surface area (Å²) in [5.74, 6) is 0. The molecule has 0 atom stereocenters. The Morgan fingerprint density at radius 2 is 1.07 bits per heavy atom. The lowest BCUT2D eigenvalue weighted by molar-refractivity contribution is 0.666. The van der Waals surface area contributed by atoms with E-state index in [1.54, 1.807) is 0 Å². The maximum atomic E-state index is 6.43. The fraction of sp³-hybridized carbons (Fsp3) is 0.132. The molecule has 0 unspecified atom stereocenters. The Bertz CT molecular complexity index is 2800. The van der Waals surface area contributed by atoms with E-state index in [0.717, 1.165) is 23.0 Å². The van der Waals surface area contributed by atoms with Crippen molar-refractivity contribution in [3.05, 3.63) is 174 Å². The van der Waals surface area contributed by atoms with Gasteiger partial charge in [-0.15, -0.1) is 0 Å². The van der Waals surface area contributed by atoms with E-state index in [1.807, 2.05) is 19.9 Å². The second kappa shape index (κ2) is 14.7. The predicted molar refractivity (Wildman–Crippen MR) is 235 cm³/mol. The number of hydrogen-bond acceptors (Lipinski definition) is 1. The van der Waals surface area contributed by atoms with Gasteiger partial charge in [0.05, 0.1) is 0 Å². The number of aryl methyl sites for hydroxylation is 3. The number of fused-ring (bicyclic) bond motifs is 5. The van der Waals surface area contributed by atoms with Gasteiger partial charge in [-0.05, 0) is 140 Å². The molecular weight excluding hydrogens is 653 g/mol. The molecule has 0 radical (unpaired) electrons. The molecule has 0 saturated heterocycles. The molecule has 9 rings (SSSR count). The lowest BCUT2D eigenvalue weighted by atomic mass is 9.84. The summed E-state index contributed by atoms with van der Waals surface area (Å²) in [7, 11) is 0. The van der Waals surface area contributed by atoms with Crippen LogP contribution in [0.5, 0.6) is 0 Å². The molecule has 0 N–H and O–H groups in total. The van der Waals surface area contributed by atoms with Gasteiger partial charge >= 0.3 is 0 Å². The molecule has 0 bridgehead atoms. The predicted octanol–water partition coefficient (Wildman–Crippen LogP) is 15.8. The Labute approximate surface area is 319 Å². The Kier molecular flexibility index (Phi) is 9.48. The third-order valence-corrected chi connectivity index (χ3v) is 10.9. The lowest BCUT2D eigenvalue weighted by Gasteiger charge is -2.19. The molecular formula is C53H46O. The molecule has 1 heterocycles. The first-order valence-electron chi connectivity index (χ1n) is 19.4. The van der Waals surface area contributed by atoms with Crippen molar-refractivity contribution >= 4 is 49.6 Å². The SMILES string of the molecule is C/C=C\c1cc(-c2cccc(-c3c4ccccc4c(-c4ccc(C)c(-c5ccc6c(oc7ccccc76)c5C)c4)c4ccccc34)c2)ccc1CC.CC. The summed E-state index contributed by atoms with van der Waals surface area (Å²) in [5.41, 5.74) is 16.8. The fourth-order valence-electron chi connectivity index (χ4n) is 8.32. The van der Waals surface area contributed by atoms with E-state index in [2.05, 4.69) is 179 Å². The normalized spacial score (nSPS) is 11.5. The van der Waals surface area contributed by atoms with Gasteiger partial charge in [0.25, 0.3) is 0 Å². The van der Waals surface area contributed by atoms with Crippen LogP contribution in [0.1, 0.15) is 49.9 Å². The first-order valence-corrected chi connectivity index (χ1v) is 19.4. The maximum absolute atomic E-state index is 6.43. The Morgan fingerprint density at radius 1 is 0.500 bits per heavy atom. The number of para-hydroxylation sites is 1. The molecule has 264 valence electrons. The highest BCUT2D eigenvalue weighted by Crippen LogP contribution is 2.46. The first-order chi connectivity index (χ1) is 26.5. The maximum Gasteiger partial charge on any atom is 0.138 e. The monoisotopic (exact) mass is 698 g/mol. The molecule has 9 aromatic rings. The zero-order chi connectivity index (χ0) is 37.3. The molecule has 0 spiro atoms. The highest BCUT2D eigenvalue weighted by molar-refractivity contribution is 6.21. The van der Waals surface area contributed by atoms with E-state index in [1.165, 1.54) is 93.7 Å². The first kappa shape index (κ1) is 34.9. The van der Waals surface area contributed by atoms with Crippen molar-refractivity contribution in [3.8, 4) is 44.5 Å². The summed E-state index contributed by atoms with van der Waals surface area (Å²) in [4.78, 5) is 0. The average Bonchev–Trinajstić information content (AvgIpc) is 3.61. The minimum Gasteiger partial charge on any atom is -0.456 e. The molecule has 0 aliphatic carbocycles. The van der Waals surface area contributed by atoms with Gasteiger partial charge in [0.1, 0.15) is 11.2 Å². The van der Waals surface area contributed by atoms with E-state index in [4.69, 9.17) is 4.42 Å². The Morgan fingerprint density at radius 3 is 1.72 bits per heavy atom. The number of benzene rings is 8. The standard InChI is InChI=1S/C51H40O.C2H6/c1-5-14-35-29-37(26-25-34(35)6-2)36-15-13-16-38(30-36)49-42-18-7-9-20-44(42)50(45-21-10-8-19-43(45)49)39-24-23-32(3)47(31-39)40-27-28-46-41-17-11-12-22-48(41)52-51(46)33(40)4;1-2/h5,7-31H,6H2,1-4H3;1-2H3/b14-5-;. The summed E-state index contributed by atoms with van der Waals surface area (Å²) in [6.45, 7) is 12.7. The van der Waals surface area contributed by atoms with Crippen molar-refractivity contribution in [1.82, 2.24) is 0 Å². The van der Waals surface area contributed by atoms with Crippen molar-refractivity contribution in [1.29, 1.82) is 0 Å². The second-order valence-electron chi connectivity index (χ2n) is 13.9. The molecule has 1 heteroatoms. The van der Waals surface area contributed by atoms with Crippen LogP contribution in [0.2, 0.25) is 0 Å². The van der Waals surface area contributed by atoms with E-state index in [-0.39, 0.29) is 0 Å². The van der Waals surface area contributed by atoms with Gasteiger partial charge in [0, 0.05) is 16.3 Å². The van der Waals surface area contributed by atoms with E-state index >= 15 is 0 Å². The van der Waals surface area contributed by atoms with Crippen LogP contribution < -0.4 is 0 Å². The number of hydrogen-bond donors (Lipinski definition) is 0. The quantitative estimate of drug-likeness (QED) is 0.158. The van der Waals surface area contributed by atoms with Gasteiger partial charge in [-0.1, -0.05) is 148 Å². The van der Waals surface area contributed by atoms with Crippen LogP contribution >= 0.6 is 0 Å². The van der Waals surface area contributed by atoms with Crippen molar-refractivity contribution in [2.24, 2.45) is 0 Å². The molecule has 0 saturated carbocycles. The van der Waals surface area contributed by atoms with Gasteiger partial charge in [0.2, 0.25) is 0 Å². The summed E-state index contributed by atoms with van der Waals surface area (Å²) in [6.07, 6.45) is 5.37. The molecule has 0 aliphatic heterocycles. The number of furan rings is 1. The fourth-order valence-corrected chi connectivity index (χ4v) is 8.32. The van der Waals surface area contributed by atoms with E-state index < -0.39 is 0 Å². The van der Waals surface area contributed by atoms with Gasteiger partial charge in [0.15, 0.2) is 0 Å². The Balaban J connectivity index is 0.00000203. The minimum atomic E-state index is 0.930. The van der Waals surface area contributed by atoms with Crippen molar-refractivity contribution in [2.75, 3.05) is 0 Å². The summed E-state index contributed by atoms with van der Waals surface area (Å²) in [6, 6.07) is 53.6. The van der Waals surface area contributed by atoms with Crippen LogP contribution in [0.3, 0.4) is 0 Å². The van der Waals surface area contributed by atoms with E-state index in [0.29, 0.717) is 0 Å². The van der Waals surface area contributed by atoms with Gasteiger partial charge in [-0.3, -0.25) is 0 Å². The number of allylic oxidation sites excluding steroid dienone is 1. The highest BCUT2D eigenvalue weighted by Gasteiger charge is 2.19. The van der Waals surface area contributed by atoms with Crippen LogP contribution in [0.4, 0.5) is 0 Å². The average molecular weight is 699 g/mol. The molecule has 1 nitrogen and oxygen atoms in total. The van der Waals surface area contributed by atoms with Gasteiger partial charge in [-0.25, -0.2) is 0 Å². The smallest absolute Gasteiger partial charge is 0.138 e.